The average Bonchev–Trinajstić information content (AvgIpc) is 2.36. The zero-order valence-electron chi connectivity index (χ0n) is 13.5. The number of nitrogens with one attached hydrogen (secondary N) is 2. The number of rotatable bonds is 10. The summed E-state index contributed by atoms with van der Waals surface area (Å²) in [5.74, 6) is -4.24. The zero-order valence-corrected chi connectivity index (χ0v) is 13.5. The molecule has 23 heavy (non-hydrogen) atoms. The van der Waals surface area contributed by atoms with Crippen molar-refractivity contribution in [3.05, 3.63) is 0 Å². The van der Waals surface area contributed by atoms with Gasteiger partial charge >= 0.3 is 17.9 Å². The Balaban J connectivity index is 4.91. The average molecular weight is 332 g/mol. The molecule has 0 rings (SSSR count). The van der Waals surface area contributed by atoms with E-state index in [1.165, 1.54) is 0 Å². The van der Waals surface area contributed by atoms with Gasteiger partial charge in [0.2, 0.25) is 5.91 Å². The fourth-order valence-corrected chi connectivity index (χ4v) is 1.86. The van der Waals surface area contributed by atoms with Crippen LogP contribution in [0.5, 0.6) is 0 Å². The maximum atomic E-state index is 12.2. The minimum absolute atomic E-state index is 0.0102. The molecule has 1 amide bonds. The first kappa shape index (κ1) is 20.8. The highest BCUT2D eigenvalue weighted by atomic mass is 16.4. The molecule has 0 aliphatic carbocycles. The van der Waals surface area contributed by atoms with E-state index in [-0.39, 0.29) is 19.3 Å². The van der Waals surface area contributed by atoms with Crippen molar-refractivity contribution in [3.63, 3.8) is 0 Å². The van der Waals surface area contributed by atoms with Gasteiger partial charge in [0.1, 0.15) is 6.04 Å². The highest BCUT2D eigenvalue weighted by Crippen LogP contribution is 2.08. The Morgan fingerprint density at radius 1 is 0.870 bits per heavy atom. The molecule has 132 valence electrons. The van der Waals surface area contributed by atoms with Gasteiger partial charge in [-0.05, 0) is 33.6 Å². The molecule has 0 aliphatic rings. The van der Waals surface area contributed by atoms with Crippen LogP contribution < -0.4 is 10.6 Å². The van der Waals surface area contributed by atoms with Gasteiger partial charge in [0.25, 0.3) is 0 Å². The van der Waals surface area contributed by atoms with Crippen molar-refractivity contribution in [1.29, 1.82) is 0 Å². The number of carboxylic acid groups (broad SMARTS) is 3. The van der Waals surface area contributed by atoms with E-state index in [4.69, 9.17) is 15.3 Å². The van der Waals surface area contributed by atoms with Crippen molar-refractivity contribution in [2.75, 3.05) is 0 Å². The molecule has 0 fully saturated rings. The Morgan fingerprint density at radius 3 is 1.65 bits per heavy atom. The van der Waals surface area contributed by atoms with E-state index in [0.29, 0.717) is 0 Å². The summed E-state index contributed by atoms with van der Waals surface area (Å²) >= 11 is 0. The molecule has 0 aliphatic heterocycles. The summed E-state index contributed by atoms with van der Waals surface area (Å²) in [6.45, 7) is 5.35. The number of carbonyl (C=O) groups excluding carboxylic acids is 1. The lowest BCUT2D eigenvalue weighted by molar-refractivity contribution is -0.144. The van der Waals surface area contributed by atoms with E-state index in [1.807, 2.05) is 0 Å². The number of carboxylic acids is 3. The Labute approximate surface area is 134 Å². The molecule has 0 aromatic carbocycles. The van der Waals surface area contributed by atoms with Crippen molar-refractivity contribution in [2.45, 2.75) is 64.1 Å². The van der Waals surface area contributed by atoms with Gasteiger partial charge in [-0.25, -0.2) is 4.79 Å². The number of amides is 1. The van der Waals surface area contributed by atoms with Gasteiger partial charge in [-0.3, -0.25) is 14.4 Å². The fraction of sp³-hybridized carbons (Fsp3) is 0.714. The topological polar surface area (TPSA) is 153 Å². The maximum Gasteiger partial charge on any atom is 0.326 e. The van der Waals surface area contributed by atoms with Crippen molar-refractivity contribution < 1.29 is 34.5 Å². The van der Waals surface area contributed by atoms with Crippen LogP contribution in [-0.4, -0.2) is 56.8 Å². The first-order valence-corrected chi connectivity index (χ1v) is 7.17. The van der Waals surface area contributed by atoms with Crippen LogP contribution in [0.25, 0.3) is 0 Å². The van der Waals surface area contributed by atoms with Crippen LogP contribution in [-0.2, 0) is 19.2 Å². The molecular formula is C14H24N2O7. The quantitative estimate of drug-likeness (QED) is 0.376. The molecule has 0 radical (unpaired) electrons. The monoisotopic (exact) mass is 332 g/mol. The van der Waals surface area contributed by atoms with E-state index >= 15 is 0 Å². The summed E-state index contributed by atoms with van der Waals surface area (Å²) in [6, 6.07) is -2.23. The largest absolute Gasteiger partial charge is 0.481 e. The first-order valence-electron chi connectivity index (χ1n) is 7.17. The number of carbonyl (C=O) groups is 4. The molecular weight excluding hydrogens is 308 g/mol. The van der Waals surface area contributed by atoms with Crippen LogP contribution in [0.2, 0.25) is 0 Å². The summed E-state index contributed by atoms with van der Waals surface area (Å²) in [5, 5.41) is 31.6. The molecule has 0 saturated carbocycles. The molecule has 0 heterocycles. The Bertz CT molecular complexity index is 457. The molecule has 9 nitrogen and oxygen atoms in total. The summed E-state index contributed by atoms with van der Waals surface area (Å²) in [5.41, 5.74) is -0.486. The zero-order chi connectivity index (χ0) is 18.2. The van der Waals surface area contributed by atoms with Gasteiger partial charge in [0.15, 0.2) is 0 Å². The van der Waals surface area contributed by atoms with Crippen molar-refractivity contribution in [3.8, 4) is 0 Å². The second-order valence-electron chi connectivity index (χ2n) is 6.21. The highest BCUT2D eigenvalue weighted by Gasteiger charge is 2.28. The summed E-state index contributed by atoms with van der Waals surface area (Å²) in [7, 11) is 0. The van der Waals surface area contributed by atoms with E-state index in [0.717, 1.165) is 0 Å². The predicted octanol–water partition coefficient (Wildman–Crippen LogP) is 0.0421. The van der Waals surface area contributed by atoms with Crippen LogP contribution in [0.4, 0.5) is 0 Å². The van der Waals surface area contributed by atoms with Gasteiger partial charge in [-0.2, -0.15) is 0 Å². The first-order chi connectivity index (χ1) is 10.4. The van der Waals surface area contributed by atoms with Crippen LogP contribution in [0, 0.1) is 0 Å². The third-order valence-corrected chi connectivity index (χ3v) is 2.83. The maximum absolute atomic E-state index is 12.2. The predicted molar refractivity (Wildman–Crippen MR) is 80.0 cm³/mol. The molecule has 0 bridgehead atoms. The standard InChI is InChI=1S/C14H24N2O7/c1-14(2,3)16-8(4-6-10(17)18)12(21)15-9(13(22)23)5-7-11(19)20/h8-9,16H,4-7H2,1-3H3,(H,15,21)(H,17,18)(H,19,20)(H,22,23)/t8-,9-/m0/s1. The lowest BCUT2D eigenvalue weighted by atomic mass is 10.0. The summed E-state index contributed by atoms with van der Waals surface area (Å²) in [4.78, 5) is 44.5. The van der Waals surface area contributed by atoms with Crippen LogP contribution in [0.1, 0.15) is 46.5 Å². The van der Waals surface area contributed by atoms with E-state index in [9.17, 15) is 19.2 Å². The van der Waals surface area contributed by atoms with Gasteiger partial charge in [-0.1, -0.05) is 0 Å². The second-order valence-corrected chi connectivity index (χ2v) is 6.21. The Kier molecular flexibility index (Phi) is 8.23. The van der Waals surface area contributed by atoms with Gasteiger partial charge in [0.05, 0.1) is 6.04 Å². The SMILES string of the molecule is CC(C)(C)N[C@@H](CCC(=O)O)C(=O)N[C@@H](CCC(=O)O)C(=O)O. The lowest BCUT2D eigenvalue weighted by Crippen LogP contribution is -2.54. The van der Waals surface area contributed by atoms with E-state index in [2.05, 4.69) is 10.6 Å². The fourth-order valence-electron chi connectivity index (χ4n) is 1.86. The molecule has 0 aromatic heterocycles. The Morgan fingerprint density at radius 2 is 1.30 bits per heavy atom. The smallest absolute Gasteiger partial charge is 0.326 e. The van der Waals surface area contributed by atoms with Crippen LogP contribution in [0.15, 0.2) is 0 Å². The normalized spacial score (nSPS) is 13.9. The second kappa shape index (κ2) is 9.09. The molecule has 0 aromatic rings. The number of hydrogen-bond donors (Lipinski definition) is 5. The molecule has 9 heteroatoms. The van der Waals surface area contributed by atoms with Gasteiger partial charge in [0, 0.05) is 18.4 Å². The van der Waals surface area contributed by atoms with Crippen molar-refractivity contribution in [2.24, 2.45) is 0 Å². The van der Waals surface area contributed by atoms with Gasteiger partial charge in [-0.15, -0.1) is 0 Å². The number of aliphatic carboxylic acids is 3. The minimum Gasteiger partial charge on any atom is -0.481 e. The number of hydrogen-bond acceptors (Lipinski definition) is 5. The third kappa shape index (κ3) is 10.2. The van der Waals surface area contributed by atoms with Crippen LogP contribution in [0.3, 0.4) is 0 Å². The summed E-state index contributed by atoms with van der Waals surface area (Å²) < 4.78 is 0. The molecule has 5 N–H and O–H groups in total. The lowest BCUT2D eigenvalue weighted by Gasteiger charge is -2.28. The molecule has 0 unspecified atom stereocenters. The van der Waals surface area contributed by atoms with Crippen molar-refractivity contribution in [1.82, 2.24) is 10.6 Å². The van der Waals surface area contributed by atoms with Crippen LogP contribution >= 0.6 is 0 Å². The van der Waals surface area contributed by atoms with Crippen molar-refractivity contribution >= 4 is 23.8 Å². The Hall–Kier alpha value is -2.16. The minimum atomic E-state index is -1.34. The van der Waals surface area contributed by atoms with E-state index < -0.39 is 47.9 Å². The summed E-state index contributed by atoms with van der Waals surface area (Å²) in [6.07, 6.45) is -0.918. The third-order valence-electron chi connectivity index (χ3n) is 2.83. The molecule has 2 atom stereocenters. The van der Waals surface area contributed by atoms with E-state index in [1.54, 1.807) is 20.8 Å². The molecule has 0 spiro atoms. The molecule has 0 saturated heterocycles. The highest BCUT2D eigenvalue weighted by molar-refractivity contribution is 5.87. The van der Waals surface area contributed by atoms with Gasteiger partial charge < -0.3 is 26.0 Å².